The SMILES string of the molecule is NC(N)=NCCCC(NC(=O)C(N)Cc1cnc[nH]1)C(=O)NCC(=O)NC(Cc1ccccc1)C(=O)O. The lowest BCUT2D eigenvalue weighted by atomic mass is 10.1. The van der Waals surface area contributed by atoms with Gasteiger partial charge in [-0.05, 0) is 18.4 Å². The number of carboxylic acids is 1. The van der Waals surface area contributed by atoms with Gasteiger partial charge in [-0.1, -0.05) is 30.3 Å². The molecular formula is C23H33N9O5. The molecule has 0 bridgehead atoms. The molecule has 1 aromatic carbocycles. The Labute approximate surface area is 213 Å². The smallest absolute Gasteiger partial charge is 0.326 e. The first-order valence-corrected chi connectivity index (χ1v) is 11.6. The minimum Gasteiger partial charge on any atom is -0.480 e. The lowest BCUT2D eigenvalue weighted by molar-refractivity contribution is -0.141. The van der Waals surface area contributed by atoms with Gasteiger partial charge in [0.2, 0.25) is 17.7 Å². The molecule has 2 aromatic rings. The third kappa shape index (κ3) is 10.8. The summed E-state index contributed by atoms with van der Waals surface area (Å²) < 4.78 is 0. The topological polar surface area (TPSA) is 244 Å². The average Bonchev–Trinajstić information content (AvgIpc) is 3.37. The minimum atomic E-state index is -1.21. The van der Waals surface area contributed by atoms with Crippen LogP contribution in [0.15, 0.2) is 47.8 Å². The first kappa shape index (κ1) is 28.8. The number of carboxylic acid groups (broad SMARTS) is 1. The van der Waals surface area contributed by atoms with E-state index in [4.69, 9.17) is 17.2 Å². The summed E-state index contributed by atoms with van der Waals surface area (Å²) in [6.45, 7) is -0.264. The van der Waals surface area contributed by atoms with Crippen molar-refractivity contribution in [1.82, 2.24) is 25.9 Å². The van der Waals surface area contributed by atoms with Gasteiger partial charge in [-0.15, -0.1) is 0 Å². The van der Waals surface area contributed by atoms with Crippen molar-refractivity contribution in [2.45, 2.75) is 43.8 Å². The number of aromatic amines is 1. The average molecular weight is 516 g/mol. The molecule has 2 rings (SSSR count). The molecule has 37 heavy (non-hydrogen) atoms. The van der Waals surface area contributed by atoms with Crippen LogP contribution in [0.1, 0.15) is 24.1 Å². The van der Waals surface area contributed by atoms with Gasteiger partial charge in [0.05, 0.1) is 18.9 Å². The Morgan fingerprint density at radius 2 is 1.76 bits per heavy atom. The first-order chi connectivity index (χ1) is 17.7. The van der Waals surface area contributed by atoms with E-state index >= 15 is 0 Å². The number of aliphatic imine (C=N–C) groups is 1. The van der Waals surface area contributed by atoms with E-state index in [2.05, 4.69) is 30.9 Å². The molecule has 0 saturated heterocycles. The number of carbonyl (C=O) groups is 4. The Kier molecular flexibility index (Phi) is 11.5. The zero-order chi connectivity index (χ0) is 27.2. The van der Waals surface area contributed by atoms with Gasteiger partial charge in [0.1, 0.15) is 12.1 Å². The second kappa shape index (κ2) is 14.8. The molecule has 0 spiro atoms. The molecule has 0 radical (unpaired) electrons. The molecule has 0 aliphatic heterocycles. The number of benzene rings is 1. The van der Waals surface area contributed by atoms with Crippen LogP contribution in [0.25, 0.3) is 0 Å². The van der Waals surface area contributed by atoms with Gasteiger partial charge in [0.15, 0.2) is 5.96 Å². The van der Waals surface area contributed by atoms with Crippen molar-refractivity contribution in [2.24, 2.45) is 22.2 Å². The van der Waals surface area contributed by atoms with E-state index in [-0.39, 0.29) is 31.8 Å². The van der Waals surface area contributed by atoms with Gasteiger partial charge < -0.3 is 43.2 Å². The molecule has 200 valence electrons. The number of guanidine groups is 1. The van der Waals surface area contributed by atoms with Gasteiger partial charge >= 0.3 is 5.97 Å². The van der Waals surface area contributed by atoms with Crippen molar-refractivity contribution in [3.8, 4) is 0 Å². The molecule has 0 fully saturated rings. The number of H-pyrrole nitrogens is 1. The van der Waals surface area contributed by atoms with Crippen LogP contribution in [-0.4, -0.2) is 75.9 Å². The van der Waals surface area contributed by atoms with Crippen LogP contribution in [0.2, 0.25) is 0 Å². The highest BCUT2D eigenvalue weighted by Crippen LogP contribution is 2.04. The highest BCUT2D eigenvalue weighted by molar-refractivity contribution is 5.92. The van der Waals surface area contributed by atoms with E-state index < -0.39 is 48.4 Å². The van der Waals surface area contributed by atoms with Crippen molar-refractivity contribution in [2.75, 3.05) is 13.1 Å². The van der Waals surface area contributed by atoms with E-state index in [1.54, 1.807) is 30.3 Å². The molecule has 0 aliphatic rings. The summed E-state index contributed by atoms with van der Waals surface area (Å²) in [5.41, 5.74) is 18.0. The molecule has 0 saturated carbocycles. The van der Waals surface area contributed by atoms with E-state index in [9.17, 15) is 24.3 Å². The van der Waals surface area contributed by atoms with E-state index in [1.807, 2.05) is 0 Å². The molecule has 3 amide bonds. The van der Waals surface area contributed by atoms with Crippen molar-refractivity contribution >= 4 is 29.7 Å². The zero-order valence-corrected chi connectivity index (χ0v) is 20.2. The molecule has 14 heteroatoms. The summed E-state index contributed by atoms with van der Waals surface area (Å²) in [6.07, 6.45) is 3.77. The summed E-state index contributed by atoms with van der Waals surface area (Å²) >= 11 is 0. The summed E-state index contributed by atoms with van der Waals surface area (Å²) in [4.78, 5) is 59.9. The number of hydrogen-bond acceptors (Lipinski definition) is 7. The highest BCUT2D eigenvalue weighted by Gasteiger charge is 2.25. The number of amides is 3. The van der Waals surface area contributed by atoms with Gasteiger partial charge in [0.25, 0.3) is 0 Å². The monoisotopic (exact) mass is 515 g/mol. The van der Waals surface area contributed by atoms with Crippen LogP contribution in [0.3, 0.4) is 0 Å². The second-order valence-electron chi connectivity index (χ2n) is 8.26. The third-order valence-corrected chi connectivity index (χ3v) is 5.25. The Bertz CT molecular complexity index is 1060. The lowest BCUT2D eigenvalue weighted by Gasteiger charge is -2.21. The predicted molar refractivity (Wildman–Crippen MR) is 135 cm³/mol. The van der Waals surface area contributed by atoms with Crippen LogP contribution in [0.5, 0.6) is 0 Å². The highest BCUT2D eigenvalue weighted by atomic mass is 16.4. The fourth-order valence-corrected chi connectivity index (χ4v) is 3.36. The standard InChI is InChI=1S/C23H33N9O5/c24-16(10-15-11-27-13-30-15)20(34)32-17(7-4-8-28-23(25)26)21(35)29-12-19(33)31-18(22(36)37)9-14-5-2-1-3-6-14/h1-3,5-6,11,13,16-18H,4,7-10,12,24H2,(H,27,30)(H,29,35)(H,31,33)(H,32,34)(H,36,37)(H4,25,26,28). The Balaban J connectivity index is 1.94. The molecule has 3 unspecified atom stereocenters. The van der Waals surface area contributed by atoms with Crippen molar-refractivity contribution < 1.29 is 24.3 Å². The van der Waals surface area contributed by atoms with Crippen molar-refractivity contribution in [3.05, 3.63) is 54.1 Å². The number of rotatable bonds is 15. The number of imidazole rings is 1. The minimum absolute atomic E-state index is 0.0769. The molecule has 14 nitrogen and oxygen atoms in total. The summed E-state index contributed by atoms with van der Waals surface area (Å²) in [5.74, 6) is -3.23. The van der Waals surface area contributed by atoms with Crippen LogP contribution in [0.4, 0.5) is 0 Å². The number of nitrogens with two attached hydrogens (primary N) is 3. The molecule has 11 N–H and O–H groups in total. The second-order valence-corrected chi connectivity index (χ2v) is 8.26. The number of carbonyl (C=O) groups excluding carboxylic acids is 3. The van der Waals surface area contributed by atoms with Crippen molar-refractivity contribution in [1.29, 1.82) is 0 Å². The zero-order valence-electron chi connectivity index (χ0n) is 20.2. The van der Waals surface area contributed by atoms with Crippen LogP contribution < -0.4 is 33.2 Å². The van der Waals surface area contributed by atoms with Gasteiger partial charge in [-0.3, -0.25) is 19.4 Å². The van der Waals surface area contributed by atoms with Crippen LogP contribution in [-0.2, 0) is 32.0 Å². The molecular weight excluding hydrogens is 482 g/mol. The first-order valence-electron chi connectivity index (χ1n) is 11.6. The molecule has 0 aliphatic carbocycles. The third-order valence-electron chi connectivity index (χ3n) is 5.25. The van der Waals surface area contributed by atoms with E-state index in [0.29, 0.717) is 12.1 Å². The maximum atomic E-state index is 12.8. The number of nitrogens with zero attached hydrogens (tertiary/aromatic N) is 2. The number of nitrogens with one attached hydrogen (secondary N) is 4. The van der Waals surface area contributed by atoms with Gasteiger partial charge in [-0.2, -0.15) is 0 Å². The number of hydrogen-bond donors (Lipinski definition) is 8. The number of aromatic nitrogens is 2. The Morgan fingerprint density at radius 1 is 1.03 bits per heavy atom. The summed E-state index contributed by atoms with van der Waals surface area (Å²) in [5, 5.41) is 16.9. The van der Waals surface area contributed by atoms with Crippen LogP contribution in [0, 0.1) is 0 Å². The quantitative estimate of drug-likeness (QED) is 0.0724. The fourth-order valence-electron chi connectivity index (χ4n) is 3.36. The molecule has 1 aromatic heterocycles. The van der Waals surface area contributed by atoms with Crippen LogP contribution >= 0.6 is 0 Å². The maximum absolute atomic E-state index is 12.8. The maximum Gasteiger partial charge on any atom is 0.326 e. The summed E-state index contributed by atoms with van der Waals surface area (Å²) in [6, 6.07) is 5.66. The van der Waals surface area contributed by atoms with Gasteiger partial charge in [-0.25, -0.2) is 9.78 Å². The summed E-state index contributed by atoms with van der Waals surface area (Å²) in [7, 11) is 0. The van der Waals surface area contributed by atoms with E-state index in [1.165, 1.54) is 12.5 Å². The lowest BCUT2D eigenvalue weighted by Crippen LogP contribution is -2.54. The van der Waals surface area contributed by atoms with Crippen molar-refractivity contribution in [3.63, 3.8) is 0 Å². The normalized spacial score (nSPS) is 13.0. The molecule has 3 atom stereocenters. The fraction of sp³-hybridized carbons (Fsp3) is 0.391. The predicted octanol–water partition coefficient (Wildman–Crippen LogP) is -2.25. The molecule has 1 heterocycles. The van der Waals surface area contributed by atoms with Gasteiger partial charge in [0, 0.05) is 31.3 Å². The van der Waals surface area contributed by atoms with E-state index in [0.717, 1.165) is 5.56 Å². The largest absolute Gasteiger partial charge is 0.480 e. The number of aliphatic carboxylic acids is 1. The Morgan fingerprint density at radius 3 is 2.38 bits per heavy atom. The Hall–Kier alpha value is -4.46.